The normalized spacial score (nSPS) is 16.2. The summed E-state index contributed by atoms with van der Waals surface area (Å²) < 4.78 is 32.2. The molecule has 1 aliphatic rings. The van der Waals surface area contributed by atoms with Crippen LogP contribution in [0.15, 0.2) is 46.9 Å². The van der Waals surface area contributed by atoms with Gasteiger partial charge in [-0.1, -0.05) is 15.9 Å². The molecule has 2 amide bonds. The quantitative estimate of drug-likeness (QED) is 0.706. The number of hydrogen-bond acceptors (Lipinski definition) is 4. The summed E-state index contributed by atoms with van der Waals surface area (Å²) in [6.45, 7) is -0.526. The van der Waals surface area contributed by atoms with Gasteiger partial charge in [-0.15, -0.1) is 0 Å². The van der Waals surface area contributed by atoms with E-state index in [9.17, 15) is 23.2 Å². The topological polar surface area (TPSA) is 75.7 Å². The molecule has 9 heteroatoms. The molecule has 1 fully saturated rings. The highest BCUT2D eigenvalue weighted by Crippen LogP contribution is 2.26. The van der Waals surface area contributed by atoms with Crippen molar-refractivity contribution in [3.63, 3.8) is 0 Å². The molecule has 6 nitrogen and oxygen atoms in total. The summed E-state index contributed by atoms with van der Waals surface area (Å²) in [6.07, 6.45) is -0.0703. The molecule has 1 unspecified atom stereocenters. The van der Waals surface area contributed by atoms with Crippen LogP contribution < -0.4 is 10.2 Å². The van der Waals surface area contributed by atoms with Crippen LogP contribution in [0.25, 0.3) is 0 Å². The molecule has 0 aromatic heterocycles. The van der Waals surface area contributed by atoms with Crippen molar-refractivity contribution in [1.29, 1.82) is 0 Å². The number of benzene rings is 2. The van der Waals surface area contributed by atoms with Gasteiger partial charge in [0.1, 0.15) is 11.6 Å². The van der Waals surface area contributed by atoms with E-state index in [-0.39, 0.29) is 24.6 Å². The monoisotopic (exact) mass is 452 g/mol. The SMILES string of the molecule is O=C(COC(=O)C1CC(=O)N(c2ccc(F)cc2)C1)Nc1ccc(Br)cc1F. The van der Waals surface area contributed by atoms with Gasteiger partial charge in [-0.25, -0.2) is 8.78 Å². The van der Waals surface area contributed by atoms with Crippen LogP contribution in [0.5, 0.6) is 0 Å². The molecule has 28 heavy (non-hydrogen) atoms. The molecule has 0 bridgehead atoms. The van der Waals surface area contributed by atoms with Crippen LogP contribution in [0.4, 0.5) is 20.2 Å². The molecule has 0 spiro atoms. The van der Waals surface area contributed by atoms with Crippen molar-refractivity contribution in [2.24, 2.45) is 5.92 Å². The molecule has 1 aliphatic heterocycles. The standard InChI is InChI=1S/C19H15BrF2N2O4/c20-12-1-6-16(15(22)8-12)23-17(25)10-28-19(27)11-7-18(26)24(9-11)14-4-2-13(21)3-5-14/h1-6,8,11H,7,9-10H2,(H,23,25). The van der Waals surface area contributed by atoms with E-state index >= 15 is 0 Å². The van der Waals surface area contributed by atoms with Crippen LogP contribution in [-0.4, -0.2) is 30.9 Å². The van der Waals surface area contributed by atoms with E-state index < -0.39 is 36.0 Å². The Kier molecular flexibility index (Phi) is 6.03. The van der Waals surface area contributed by atoms with Gasteiger partial charge in [0.05, 0.1) is 11.6 Å². The third-order valence-electron chi connectivity index (χ3n) is 4.15. The van der Waals surface area contributed by atoms with Crippen molar-refractivity contribution in [1.82, 2.24) is 0 Å². The summed E-state index contributed by atoms with van der Waals surface area (Å²) in [5.41, 5.74) is 0.438. The predicted molar refractivity (Wildman–Crippen MR) is 101 cm³/mol. The van der Waals surface area contributed by atoms with E-state index in [0.29, 0.717) is 10.2 Å². The minimum atomic E-state index is -0.741. The first-order valence-electron chi connectivity index (χ1n) is 8.31. The van der Waals surface area contributed by atoms with Gasteiger partial charge in [-0.3, -0.25) is 14.4 Å². The lowest BCUT2D eigenvalue weighted by Gasteiger charge is -2.16. The number of halogens is 3. The molecule has 0 radical (unpaired) electrons. The Morgan fingerprint density at radius 1 is 1.18 bits per heavy atom. The van der Waals surface area contributed by atoms with Crippen molar-refractivity contribution in [2.45, 2.75) is 6.42 Å². The Labute approximate surface area is 167 Å². The van der Waals surface area contributed by atoms with Crippen LogP contribution >= 0.6 is 15.9 Å². The first-order chi connectivity index (χ1) is 13.3. The van der Waals surface area contributed by atoms with Gasteiger partial charge >= 0.3 is 5.97 Å². The Morgan fingerprint density at radius 3 is 2.57 bits per heavy atom. The van der Waals surface area contributed by atoms with Crippen LogP contribution in [0, 0.1) is 17.6 Å². The van der Waals surface area contributed by atoms with Crippen molar-refractivity contribution in [3.8, 4) is 0 Å². The number of esters is 1. The first-order valence-corrected chi connectivity index (χ1v) is 9.10. The Balaban J connectivity index is 1.53. The maximum Gasteiger partial charge on any atom is 0.311 e. The molecule has 1 atom stereocenters. The molecule has 1 N–H and O–H groups in total. The minimum Gasteiger partial charge on any atom is -0.455 e. The largest absolute Gasteiger partial charge is 0.455 e. The smallest absolute Gasteiger partial charge is 0.311 e. The number of hydrogen-bond donors (Lipinski definition) is 1. The summed E-state index contributed by atoms with van der Waals surface area (Å²) in [5.74, 6) is -3.51. The third kappa shape index (κ3) is 4.72. The van der Waals surface area contributed by atoms with Crippen molar-refractivity contribution >= 4 is 45.1 Å². The molecule has 2 aromatic carbocycles. The number of nitrogens with one attached hydrogen (secondary N) is 1. The van der Waals surface area contributed by atoms with Crippen LogP contribution in [-0.2, 0) is 19.1 Å². The van der Waals surface area contributed by atoms with E-state index in [2.05, 4.69) is 21.2 Å². The van der Waals surface area contributed by atoms with E-state index in [1.165, 1.54) is 41.3 Å². The lowest BCUT2D eigenvalue weighted by Crippen LogP contribution is -2.28. The highest BCUT2D eigenvalue weighted by Gasteiger charge is 2.36. The lowest BCUT2D eigenvalue weighted by atomic mass is 10.1. The highest BCUT2D eigenvalue weighted by atomic mass is 79.9. The van der Waals surface area contributed by atoms with Gasteiger partial charge in [0.15, 0.2) is 6.61 Å². The van der Waals surface area contributed by atoms with E-state index in [1.54, 1.807) is 6.07 Å². The Hall–Kier alpha value is -2.81. The average Bonchev–Trinajstić information content (AvgIpc) is 3.04. The highest BCUT2D eigenvalue weighted by molar-refractivity contribution is 9.10. The Morgan fingerprint density at radius 2 is 1.89 bits per heavy atom. The second-order valence-corrected chi connectivity index (χ2v) is 7.08. The van der Waals surface area contributed by atoms with Gasteiger partial charge in [0.2, 0.25) is 5.91 Å². The predicted octanol–water partition coefficient (Wildman–Crippen LogP) is 3.26. The number of ether oxygens (including phenoxy) is 1. The number of carbonyl (C=O) groups excluding carboxylic acids is 3. The summed E-state index contributed by atoms with van der Waals surface area (Å²) >= 11 is 3.11. The number of carbonyl (C=O) groups is 3. The van der Waals surface area contributed by atoms with Crippen molar-refractivity contribution in [3.05, 3.63) is 58.6 Å². The van der Waals surface area contributed by atoms with Crippen LogP contribution in [0.3, 0.4) is 0 Å². The number of nitrogens with zero attached hydrogens (tertiary/aromatic N) is 1. The fraction of sp³-hybridized carbons (Fsp3) is 0.211. The molecule has 0 saturated carbocycles. The summed E-state index contributed by atoms with van der Waals surface area (Å²) in [6, 6.07) is 9.45. The van der Waals surface area contributed by atoms with Gasteiger partial charge in [-0.05, 0) is 42.5 Å². The maximum atomic E-state index is 13.7. The van der Waals surface area contributed by atoms with Gasteiger partial charge in [0, 0.05) is 23.1 Å². The van der Waals surface area contributed by atoms with E-state index in [0.717, 1.165) is 0 Å². The summed E-state index contributed by atoms with van der Waals surface area (Å²) in [7, 11) is 0. The van der Waals surface area contributed by atoms with Crippen molar-refractivity contribution < 1.29 is 27.9 Å². The molecule has 146 valence electrons. The molecule has 0 aliphatic carbocycles. The number of amides is 2. The second kappa shape index (κ2) is 8.47. The van der Waals surface area contributed by atoms with Gasteiger partial charge < -0.3 is 15.0 Å². The van der Waals surface area contributed by atoms with Gasteiger partial charge in [0.25, 0.3) is 5.91 Å². The molecule has 3 rings (SSSR count). The fourth-order valence-electron chi connectivity index (χ4n) is 2.77. The zero-order valence-electron chi connectivity index (χ0n) is 14.5. The summed E-state index contributed by atoms with van der Waals surface area (Å²) in [5, 5.41) is 2.31. The van der Waals surface area contributed by atoms with Crippen LogP contribution in [0.2, 0.25) is 0 Å². The molecular formula is C19H15BrF2N2O4. The Bertz CT molecular complexity index is 921. The number of anilines is 2. The zero-order chi connectivity index (χ0) is 20.3. The summed E-state index contributed by atoms with van der Waals surface area (Å²) in [4.78, 5) is 37.5. The first kappa shape index (κ1) is 19.9. The van der Waals surface area contributed by atoms with Crippen molar-refractivity contribution in [2.75, 3.05) is 23.4 Å². The average molecular weight is 453 g/mol. The van der Waals surface area contributed by atoms with Gasteiger partial charge in [-0.2, -0.15) is 0 Å². The molecule has 1 saturated heterocycles. The maximum absolute atomic E-state index is 13.7. The third-order valence-corrected chi connectivity index (χ3v) is 4.64. The zero-order valence-corrected chi connectivity index (χ0v) is 16.0. The second-order valence-electron chi connectivity index (χ2n) is 6.16. The van der Waals surface area contributed by atoms with E-state index in [1.807, 2.05) is 0 Å². The lowest BCUT2D eigenvalue weighted by molar-refractivity contribution is -0.151. The van der Waals surface area contributed by atoms with Crippen LogP contribution in [0.1, 0.15) is 6.42 Å². The molecule has 2 aromatic rings. The minimum absolute atomic E-state index is 0.0391. The van der Waals surface area contributed by atoms with E-state index in [4.69, 9.17) is 4.74 Å². The molecular weight excluding hydrogens is 438 g/mol. The number of rotatable bonds is 5. The fourth-order valence-corrected chi connectivity index (χ4v) is 3.10. The molecule has 1 heterocycles.